The minimum Gasteiger partial charge on any atom is -0.444 e. The highest BCUT2D eigenvalue weighted by molar-refractivity contribution is 7.85. The van der Waals surface area contributed by atoms with E-state index in [1.54, 1.807) is 4.90 Å². The van der Waals surface area contributed by atoms with Crippen molar-refractivity contribution in [2.24, 2.45) is 5.41 Å². The van der Waals surface area contributed by atoms with Gasteiger partial charge in [-0.3, -0.25) is 9.08 Å². The molecule has 1 fully saturated rings. The van der Waals surface area contributed by atoms with Crippen LogP contribution in [-0.4, -0.2) is 75.5 Å². The summed E-state index contributed by atoms with van der Waals surface area (Å²) in [4.78, 5) is 15.9. The number of hydrogen-bond acceptors (Lipinski definition) is 6. The van der Waals surface area contributed by atoms with Crippen molar-refractivity contribution in [3.05, 3.63) is 0 Å². The summed E-state index contributed by atoms with van der Waals surface area (Å²) < 4.78 is 32.5. The summed E-state index contributed by atoms with van der Waals surface area (Å²) in [5, 5.41) is 0. The minimum absolute atomic E-state index is 0.151. The van der Waals surface area contributed by atoms with Crippen molar-refractivity contribution in [3.63, 3.8) is 0 Å². The number of amides is 1. The zero-order valence-corrected chi connectivity index (χ0v) is 15.9. The molecule has 1 amide bonds. The quantitative estimate of drug-likeness (QED) is 0.700. The van der Waals surface area contributed by atoms with Gasteiger partial charge >= 0.3 is 6.09 Å². The lowest BCUT2D eigenvalue weighted by molar-refractivity contribution is 0.00976. The van der Waals surface area contributed by atoms with Crippen LogP contribution in [0.5, 0.6) is 0 Å². The van der Waals surface area contributed by atoms with Crippen LogP contribution < -0.4 is 0 Å². The fraction of sp³-hybridized carbons (Fsp3) is 0.933. The first kappa shape index (κ1) is 20.2. The molecule has 8 heteroatoms. The molecule has 7 nitrogen and oxygen atoms in total. The molecule has 1 rings (SSSR count). The highest BCUT2D eigenvalue weighted by atomic mass is 32.2. The van der Waals surface area contributed by atoms with Crippen LogP contribution in [-0.2, 0) is 19.0 Å². The van der Waals surface area contributed by atoms with Gasteiger partial charge < -0.3 is 9.64 Å². The average Bonchev–Trinajstić information content (AvgIpc) is 2.34. The van der Waals surface area contributed by atoms with E-state index in [1.165, 1.54) is 0 Å². The van der Waals surface area contributed by atoms with E-state index in [9.17, 15) is 13.2 Å². The van der Waals surface area contributed by atoms with Gasteiger partial charge in [-0.1, -0.05) is 13.8 Å². The number of hydrogen-bond donors (Lipinski definition) is 0. The Morgan fingerprint density at radius 1 is 1.04 bits per heavy atom. The van der Waals surface area contributed by atoms with Gasteiger partial charge in [0, 0.05) is 38.1 Å². The lowest BCUT2D eigenvalue weighted by Gasteiger charge is -2.38. The Morgan fingerprint density at radius 2 is 1.57 bits per heavy atom. The topological polar surface area (TPSA) is 76.2 Å². The molecule has 1 heterocycles. The van der Waals surface area contributed by atoms with Crippen LogP contribution in [0.3, 0.4) is 0 Å². The Morgan fingerprint density at radius 3 is 2.00 bits per heavy atom. The van der Waals surface area contributed by atoms with Crippen LogP contribution in [0.15, 0.2) is 0 Å². The van der Waals surface area contributed by atoms with Gasteiger partial charge in [0.2, 0.25) is 0 Å². The Labute approximate surface area is 140 Å². The summed E-state index contributed by atoms with van der Waals surface area (Å²) in [5.41, 5.74) is -0.767. The first-order chi connectivity index (χ1) is 10.3. The molecular weight excluding hydrogens is 320 g/mol. The van der Waals surface area contributed by atoms with E-state index >= 15 is 0 Å². The van der Waals surface area contributed by atoms with Gasteiger partial charge in [-0.2, -0.15) is 8.42 Å². The highest BCUT2D eigenvalue weighted by Crippen LogP contribution is 2.20. The zero-order valence-electron chi connectivity index (χ0n) is 15.1. The number of rotatable bonds is 5. The maximum Gasteiger partial charge on any atom is 0.410 e. The summed E-state index contributed by atoms with van der Waals surface area (Å²) in [5.74, 6) is 0. The predicted molar refractivity (Wildman–Crippen MR) is 88.8 cm³/mol. The van der Waals surface area contributed by atoms with Crippen molar-refractivity contribution >= 4 is 16.2 Å². The van der Waals surface area contributed by atoms with E-state index in [0.717, 1.165) is 19.3 Å². The Hall–Kier alpha value is -0.860. The van der Waals surface area contributed by atoms with Gasteiger partial charge in [-0.15, -0.1) is 0 Å². The van der Waals surface area contributed by atoms with E-state index in [1.807, 2.05) is 34.6 Å². The normalized spacial score (nSPS) is 18.1. The fourth-order valence-electron chi connectivity index (χ4n) is 2.33. The third-order valence-corrected chi connectivity index (χ3v) is 3.89. The number of nitrogens with zero attached hydrogens (tertiary/aromatic N) is 2. The van der Waals surface area contributed by atoms with Gasteiger partial charge in [-0.25, -0.2) is 4.79 Å². The summed E-state index contributed by atoms with van der Waals surface area (Å²) in [7, 11) is -3.42. The molecule has 1 saturated heterocycles. The van der Waals surface area contributed by atoms with Crippen LogP contribution >= 0.6 is 0 Å². The first-order valence-corrected chi connectivity index (χ1v) is 9.64. The Bertz CT molecular complexity index is 502. The molecule has 0 unspecified atom stereocenters. The van der Waals surface area contributed by atoms with E-state index in [-0.39, 0.29) is 18.1 Å². The van der Waals surface area contributed by atoms with Crippen molar-refractivity contribution in [2.45, 2.75) is 40.2 Å². The summed E-state index contributed by atoms with van der Waals surface area (Å²) in [6, 6.07) is 0. The lowest BCUT2D eigenvalue weighted by atomic mass is 9.94. The van der Waals surface area contributed by atoms with Gasteiger partial charge in [0.15, 0.2) is 0 Å². The summed E-state index contributed by atoms with van der Waals surface area (Å²) >= 11 is 0. The second-order valence-corrected chi connectivity index (χ2v) is 9.52. The van der Waals surface area contributed by atoms with E-state index < -0.39 is 15.7 Å². The largest absolute Gasteiger partial charge is 0.444 e. The second kappa shape index (κ2) is 7.36. The number of piperazine rings is 1. The molecule has 1 aliphatic rings. The Kier molecular flexibility index (Phi) is 6.46. The van der Waals surface area contributed by atoms with Crippen LogP contribution in [0.4, 0.5) is 4.79 Å². The molecular formula is C15H30N2O5S. The van der Waals surface area contributed by atoms with Crippen LogP contribution in [0.1, 0.15) is 34.6 Å². The third-order valence-electron chi connectivity index (χ3n) is 3.34. The molecule has 0 aromatic heterocycles. The molecule has 1 aliphatic heterocycles. The summed E-state index contributed by atoms with van der Waals surface area (Å²) in [6.07, 6.45) is 0.777. The van der Waals surface area contributed by atoms with Crippen molar-refractivity contribution in [2.75, 3.05) is 45.6 Å². The molecule has 0 radical (unpaired) electrons. The van der Waals surface area contributed by atoms with Crippen molar-refractivity contribution in [1.82, 2.24) is 9.80 Å². The van der Waals surface area contributed by atoms with E-state index in [2.05, 4.69) is 4.90 Å². The van der Waals surface area contributed by atoms with Crippen molar-refractivity contribution in [3.8, 4) is 0 Å². The van der Waals surface area contributed by atoms with E-state index in [4.69, 9.17) is 8.92 Å². The van der Waals surface area contributed by atoms with Gasteiger partial charge in [0.05, 0.1) is 12.9 Å². The molecule has 0 bridgehead atoms. The smallest absolute Gasteiger partial charge is 0.410 e. The highest BCUT2D eigenvalue weighted by Gasteiger charge is 2.29. The molecule has 0 N–H and O–H groups in total. The maximum absolute atomic E-state index is 12.0. The van der Waals surface area contributed by atoms with Gasteiger partial charge in [0.25, 0.3) is 10.1 Å². The minimum atomic E-state index is -3.42. The average molecular weight is 350 g/mol. The Balaban J connectivity index is 2.42. The molecule has 0 atom stereocenters. The molecule has 0 saturated carbocycles. The number of carbonyl (C=O) groups is 1. The number of ether oxygens (including phenoxy) is 1. The standard InChI is InChI=1S/C15H30N2O5S/c1-14(2,3)22-13(18)17-9-7-16(8-10-17)11-15(4,5)12-21-23(6,19)20/h7-12H2,1-6H3. The molecule has 0 aromatic carbocycles. The number of carbonyl (C=O) groups excluding carboxylic acids is 1. The van der Waals surface area contributed by atoms with Crippen molar-refractivity contribution < 1.29 is 22.1 Å². The maximum atomic E-state index is 12.0. The van der Waals surface area contributed by atoms with Crippen molar-refractivity contribution in [1.29, 1.82) is 0 Å². The first-order valence-electron chi connectivity index (χ1n) is 7.82. The fourth-order valence-corrected chi connectivity index (χ4v) is 2.87. The molecule has 0 spiro atoms. The monoisotopic (exact) mass is 350 g/mol. The van der Waals surface area contributed by atoms with Crippen LogP contribution in [0, 0.1) is 5.41 Å². The second-order valence-electron chi connectivity index (χ2n) is 7.87. The van der Waals surface area contributed by atoms with Gasteiger partial charge in [0.1, 0.15) is 5.60 Å². The molecule has 0 aromatic rings. The molecule has 136 valence electrons. The SMILES string of the molecule is CC(C)(COS(C)(=O)=O)CN1CCN(C(=O)OC(C)(C)C)CC1. The lowest BCUT2D eigenvalue weighted by Crippen LogP contribution is -2.52. The zero-order chi connectivity index (χ0) is 17.9. The molecule has 23 heavy (non-hydrogen) atoms. The molecule has 0 aliphatic carbocycles. The predicted octanol–water partition coefficient (Wildman–Crippen LogP) is 1.54. The van der Waals surface area contributed by atoms with Crippen LogP contribution in [0.25, 0.3) is 0 Å². The van der Waals surface area contributed by atoms with E-state index in [0.29, 0.717) is 19.6 Å². The van der Waals surface area contributed by atoms with Gasteiger partial charge in [-0.05, 0) is 20.8 Å². The summed E-state index contributed by atoms with van der Waals surface area (Å²) in [6.45, 7) is 13.1. The van der Waals surface area contributed by atoms with Crippen LogP contribution in [0.2, 0.25) is 0 Å². The third kappa shape index (κ3) is 8.53.